The van der Waals surface area contributed by atoms with E-state index in [4.69, 9.17) is 21.4 Å². The summed E-state index contributed by atoms with van der Waals surface area (Å²) >= 11 is 5.32. The molecule has 1 aromatic heterocycles. The van der Waals surface area contributed by atoms with Gasteiger partial charge in [-0.15, -0.1) is 0 Å². The van der Waals surface area contributed by atoms with E-state index in [1.165, 1.54) is 6.07 Å². The average Bonchev–Trinajstić information content (AvgIpc) is 3.23. The van der Waals surface area contributed by atoms with Crippen molar-refractivity contribution in [1.29, 1.82) is 0 Å². The number of esters is 1. The molecule has 1 unspecified atom stereocenters. The SMILES string of the molecule is Cc1oc(C(C)(C)C)cc1C(=O)OCCNC(=S)NC1CCc2c(F)cccc21. The van der Waals surface area contributed by atoms with Crippen molar-refractivity contribution in [3.05, 3.63) is 58.3 Å². The fraction of sp³-hybridized carbons (Fsp3) is 0.455. The molecule has 1 heterocycles. The minimum atomic E-state index is -0.414. The fourth-order valence-corrected chi connectivity index (χ4v) is 3.65. The maximum absolute atomic E-state index is 13.8. The number of thiocarbonyl (C=S) groups is 1. The lowest BCUT2D eigenvalue weighted by molar-refractivity contribution is 0.0510. The number of rotatable bonds is 5. The molecule has 5 nitrogen and oxygen atoms in total. The van der Waals surface area contributed by atoms with E-state index in [0.717, 1.165) is 23.3 Å². The highest BCUT2D eigenvalue weighted by Crippen LogP contribution is 2.32. The minimum absolute atomic E-state index is 0.00681. The van der Waals surface area contributed by atoms with Gasteiger partial charge in [-0.1, -0.05) is 32.9 Å². The first-order valence-corrected chi connectivity index (χ1v) is 10.2. The maximum atomic E-state index is 13.8. The number of carbonyl (C=O) groups is 1. The van der Waals surface area contributed by atoms with Crippen LogP contribution >= 0.6 is 12.2 Å². The second-order valence-electron chi connectivity index (χ2n) is 8.27. The van der Waals surface area contributed by atoms with Crippen LogP contribution in [-0.2, 0) is 16.6 Å². The molecule has 29 heavy (non-hydrogen) atoms. The first-order valence-electron chi connectivity index (χ1n) is 9.76. The molecule has 0 fully saturated rings. The number of halogens is 1. The van der Waals surface area contributed by atoms with Crippen molar-refractivity contribution in [2.75, 3.05) is 13.2 Å². The molecule has 0 saturated carbocycles. The lowest BCUT2D eigenvalue weighted by Crippen LogP contribution is -2.38. The Morgan fingerprint density at radius 3 is 2.83 bits per heavy atom. The van der Waals surface area contributed by atoms with Crippen LogP contribution in [0.1, 0.15) is 66.2 Å². The summed E-state index contributed by atoms with van der Waals surface area (Å²) in [6.07, 6.45) is 1.49. The number of hydrogen-bond donors (Lipinski definition) is 2. The van der Waals surface area contributed by atoms with Gasteiger partial charge in [-0.25, -0.2) is 9.18 Å². The van der Waals surface area contributed by atoms with Crippen molar-refractivity contribution in [1.82, 2.24) is 10.6 Å². The summed E-state index contributed by atoms with van der Waals surface area (Å²) < 4.78 is 24.8. The van der Waals surface area contributed by atoms with Gasteiger partial charge in [-0.3, -0.25) is 0 Å². The van der Waals surface area contributed by atoms with Crippen molar-refractivity contribution in [2.24, 2.45) is 0 Å². The van der Waals surface area contributed by atoms with Crippen molar-refractivity contribution in [3.63, 3.8) is 0 Å². The Hall–Kier alpha value is -2.41. The highest BCUT2D eigenvalue weighted by atomic mass is 32.1. The van der Waals surface area contributed by atoms with E-state index in [0.29, 0.717) is 29.4 Å². The monoisotopic (exact) mass is 418 g/mol. The molecule has 156 valence electrons. The highest BCUT2D eigenvalue weighted by Gasteiger charge is 2.25. The van der Waals surface area contributed by atoms with E-state index < -0.39 is 5.97 Å². The van der Waals surface area contributed by atoms with E-state index in [2.05, 4.69) is 10.6 Å². The van der Waals surface area contributed by atoms with Crippen LogP contribution in [-0.4, -0.2) is 24.2 Å². The van der Waals surface area contributed by atoms with E-state index in [1.807, 2.05) is 26.8 Å². The van der Waals surface area contributed by atoms with Gasteiger partial charge in [-0.05, 0) is 55.2 Å². The third-order valence-corrected chi connectivity index (χ3v) is 5.28. The molecule has 1 aliphatic carbocycles. The Morgan fingerprint density at radius 2 is 2.14 bits per heavy atom. The Morgan fingerprint density at radius 1 is 1.38 bits per heavy atom. The van der Waals surface area contributed by atoms with Crippen LogP contribution in [0.25, 0.3) is 0 Å². The number of furan rings is 1. The van der Waals surface area contributed by atoms with Crippen LogP contribution < -0.4 is 10.6 Å². The van der Waals surface area contributed by atoms with Crippen molar-refractivity contribution in [2.45, 2.75) is 52.0 Å². The molecule has 3 rings (SSSR count). The van der Waals surface area contributed by atoms with Crippen LogP contribution in [0.15, 0.2) is 28.7 Å². The van der Waals surface area contributed by atoms with Crippen molar-refractivity contribution in [3.8, 4) is 0 Å². The molecule has 0 spiro atoms. The van der Waals surface area contributed by atoms with Crippen molar-refractivity contribution >= 4 is 23.3 Å². The lowest BCUT2D eigenvalue weighted by atomic mass is 9.93. The third-order valence-electron chi connectivity index (χ3n) is 5.02. The Kier molecular flexibility index (Phi) is 6.27. The standard InChI is InChI=1S/C22H27FN2O3S/c1-13-16(12-19(28-13)22(2,3)4)20(26)27-11-10-24-21(29)25-18-9-8-14-15(18)6-5-7-17(14)23/h5-7,12,18H,8-11H2,1-4H3,(H2,24,25,29). The molecule has 0 aliphatic heterocycles. The van der Waals surface area contributed by atoms with E-state index in [-0.39, 0.29) is 23.9 Å². The van der Waals surface area contributed by atoms with E-state index in [1.54, 1.807) is 19.1 Å². The highest BCUT2D eigenvalue weighted by molar-refractivity contribution is 7.80. The van der Waals surface area contributed by atoms with Gasteiger partial charge in [0, 0.05) is 5.41 Å². The number of nitrogens with one attached hydrogen (secondary N) is 2. The van der Waals surface area contributed by atoms with Gasteiger partial charge < -0.3 is 19.8 Å². The van der Waals surface area contributed by atoms with Gasteiger partial charge >= 0.3 is 5.97 Å². The van der Waals surface area contributed by atoms with Crippen molar-refractivity contribution < 1.29 is 18.3 Å². The van der Waals surface area contributed by atoms with E-state index >= 15 is 0 Å². The molecule has 2 N–H and O–H groups in total. The zero-order valence-electron chi connectivity index (χ0n) is 17.2. The van der Waals surface area contributed by atoms with Gasteiger partial charge in [-0.2, -0.15) is 0 Å². The van der Waals surface area contributed by atoms with Crippen LogP contribution in [0.2, 0.25) is 0 Å². The maximum Gasteiger partial charge on any atom is 0.341 e. The van der Waals surface area contributed by atoms with Crippen LogP contribution in [0.4, 0.5) is 4.39 Å². The largest absolute Gasteiger partial charge is 0.465 e. The van der Waals surface area contributed by atoms with Gasteiger partial charge in [0.05, 0.1) is 12.6 Å². The Bertz CT molecular complexity index is 917. The predicted molar refractivity (Wildman–Crippen MR) is 114 cm³/mol. The number of carbonyl (C=O) groups excluding carboxylic acids is 1. The minimum Gasteiger partial charge on any atom is -0.465 e. The third kappa shape index (κ3) is 4.96. The molecular weight excluding hydrogens is 391 g/mol. The summed E-state index contributed by atoms with van der Waals surface area (Å²) in [5, 5.41) is 6.70. The van der Waals surface area contributed by atoms with Gasteiger partial charge in [0.15, 0.2) is 5.11 Å². The number of benzene rings is 1. The topological polar surface area (TPSA) is 63.5 Å². The van der Waals surface area contributed by atoms with Crippen LogP contribution in [0.3, 0.4) is 0 Å². The molecule has 0 radical (unpaired) electrons. The summed E-state index contributed by atoms with van der Waals surface area (Å²) in [5.41, 5.74) is 1.97. The second-order valence-corrected chi connectivity index (χ2v) is 8.67. The molecular formula is C22H27FN2O3S. The molecule has 2 aromatic rings. The molecule has 0 saturated heterocycles. The molecule has 7 heteroatoms. The van der Waals surface area contributed by atoms with Crippen LogP contribution in [0.5, 0.6) is 0 Å². The van der Waals surface area contributed by atoms with Gasteiger partial charge in [0.2, 0.25) is 0 Å². The zero-order chi connectivity index (χ0) is 21.2. The number of aryl methyl sites for hydroxylation is 1. The lowest BCUT2D eigenvalue weighted by Gasteiger charge is -2.17. The Balaban J connectivity index is 1.44. The fourth-order valence-electron chi connectivity index (χ4n) is 3.41. The van der Waals surface area contributed by atoms with Gasteiger partial charge in [0.1, 0.15) is 29.5 Å². The summed E-state index contributed by atoms with van der Waals surface area (Å²) in [5.74, 6) is 0.723. The molecule has 1 atom stereocenters. The molecule has 0 amide bonds. The first kappa shape index (κ1) is 21.3. The normalized spacial score (nSPS) is 15.7. The molecule has 1 aromatic carbocycles. The summed E-state index contributed by atoms with van der Waals surface area (Å²) in [6, 6.07) is 6.86. The smallest absolute Gasteiger partial charge is 0.341 e. The summed E-state index contributed by atoms with van der Waals surface area (Å²) in [7, 11) is 0. The van der Waals surface area contributed by atoms with E-state index in [9.17, 15) is 9.18 Å². The first-order chi connectivity index (χ1) is 13.7. The molecule has 0 bridgehead atoms. The number of hydrogen-bond acceptors (Lipinski definition) is 4. The second kappa shape index (κ2) is 8.53. The van der Waals surface area contributed by atoms with Crippen LogP contribution in [0, 0.1) is 12.7 Å². The Labute approximate surface area is 176 Å². The summed E-state index contributed by atoms with van der Waals surface area (Å²) in [6.45, 7) is 8.38. The molecule has 1 aliphatic rings. The predicted octanol–water partition coefficient (Wildman–Crippen LogP) is 4.33. The van der Waals surface area contributed by atoms with Gasteiger partial charge in [0.25, 0.3) is 0 Å². The number of fused-ring (bicyclic) bond motifs is 1. The summed E-state index contributed by atoms with van der Waals surface area (Å²) in [4.78, 5) is 12.3. The quantitative estimate of drug-likeness (QED) is 0.428. The number of ether oxygens (including phenoxy) is 1. The average molecular weight is 419 g/mol. The zero-order valence-corrected chi connectivity index (χ0v) is 18.0.